The quantitative estimate of drug-likeness (QED) is 0.497. The van der Waals surface area contributed by atoms with Gasteiger partial charge in [0.05, 0.1) is 11.9 Å². The third-order valence-electron chi connectivity index (χ3n) is 5.66. The largest absolute Gasteiger partial charge is 0.357 e. The van der Waals surface area contributed by atoms with Crippen molar-refractivity contribution in [1.29, 1.82) is 0 Å². The van der Waals surface area contributed by atoms with Crippen LogP contribution in [0.25, 0.3) is 0 Å². The molecule has 2 aromatic carbocycles. The summed E-state index contributed by atoms with van der Waals surface area (Å²) in [4.78, 5) is 27.4. The van der Waals surface area contributed by atoms with E-state index >= 15 is 0 Å². The molecule has 1 N–H and O–H groups in total. The van der Waals surface area contributed by atoms with E-state index < -0.39 is 16.1 Å². The first kappa shape index (κ1) is 27.7. The maximum Gasteiger partial charge on any atom is 0.242 e. The highest BCUT2D eigenvalue weighted by atomic mass is 35.5. The molecule has 0 unspecified atom stereocenters. The van der Waals surface area contributed by atoms with E-state index in [1.807, 2.05) is 45.0 Å². The molecule has 0 aliphatic carbocycles. The van der Waals surface area contributed by atoms with Crippen LogP contribution in [0.15, 0.2) is 42.5 Å². The van der Waals surface area contributed by atoms with E-state index in [0.717, 1.165) is 22.9 Å². The summed E-state index contributed by atoms with van der Waals surface area (Å²) in [7, 11) is -2.03. The first-order valence-electron chi connectivity index (χ1n) is 11.3. The number of nitrogens with zero attached hydrogens (tertiary/aromatic N) is 2. The van der Waals surface area contributed by atoms with Crippen LogP contribution < -0.4 is 9.62 Å². The molecule has 0 bridgehead atoms. The summed E-state index contributed by atoms with van der Waals surface area (Å²) in [6.45, 7) is 6.08. The Hall–Kier alpha value is -2.58. The standard InChI is InChI=1S/C25H34ClN3O4S/c1-6-22(25(31)27-4)28(17-20-10-7-9-18(2)15-20)24(30)11-8-14-29(34(5,32)33)23-16-21(26)13-12-19(23)3/h7,9-10,12-13,15-16,22H,6,8,11,14,17H2,1-5H3,(H,27,31)/t22-/m1/s1. The number of carbonyl (C=O) groups is 2. The van der Waals surface area contributed by atoms with Gasteiger partial charge in [0.2, 0.25) is 21.8 Å². The summed E-state index contributed by atoms with van der Waals surface area (Å²) in [5.41, 5.74) is 3.27. The van der Waals surface area contributed by atoms with E-state index in [4.69, 9.17) is 11.6 Å². The normalized spacial score (nSPS) is 12.2. The van der Waals surface area contributed by atoms with Crippen LogP contribution >= 0.6 is 11.6 Å². The van der Waals surface area contributed by atoms with Crippen LogP contribution in [0.1, 0.15) is 42.9 Å². The first-order valence-corrected chi connectivity index (χ1v) is 13.5. The third-order valence-corrected chi connectivity index (χ3v) is 7.07. The summed E-state index contributed by atoms with van der Waals surface area (Å²) in [5, 5.41) is 3.08. The monoisotopic (exact) mass is 507 g/mol. The molecule has 0 spiro atoms. The van der Waals surface area contributed by atoms with Crippen molar-refractivity contribution in [1.82, 2.24) is 10.2 Å². The number of likely N-dealkylation sites (N-methyl/N-ethyl adjacent to an activating group) is 1. The van der Waals surface area contributed by atoms with Gasteiger partial charge in [-0.15, -0.1) is 0 Å². The Labute approximate surface area is 208 Å². The van der Waals surface area contributed by atoms with Gasteiger partial charge in [-0.25, -0.2) is 8.42 Å². The number of anilines is 1. The number of aryl methyl sites for hydroxylation is 2. The first-order chi connectivity index (χ1) is 16.0. The van der Waals surface area contributed by atoms with Crippen molar-refractivity contribution < 1.29 is 18.0 Å². The van der Waals surface area contributed by atoms with Crippen molar-refractivity contribution in [2.45, 2.75) is 52.6 Å². The van der Waals surface area contributed by atoms with Gasteiger partial charge >= 0.3 is 0 Å². The minimum Gasteiger partial charge on any atom is -0.357 e. The topological polar surface area (TPSA) is 86.8 Å². The molecule has 2 aromatic rings. The lowest BCUT2D eigenvalue weighted by Gasteiger charge is -2.31. The lowest BCUT2D eigenvalue weighted by Crippen LogP contribution is -2.48. The fourth-order valence-corrected chi connectivity index (χ4v) is 5.11. The number of benzene rings is 2. The van der Waals surface area contributed by atoms with Crippen LogP contribution in [0.5, 0.6) is 0 Å². The van der Waals surface area contributed by atoms with Gasteiger partial charge in [0.1, 0.15) is 6.04 Å². The molecule has 1 atom stereocenters. The predicted molar refractivity (Wildman–Crippen MR) is 137 cm³/mol. The third kappa shape index (κ3) is 7.46. The van der Waals surface area contributed by atoms with Crippen LogP contribution in [0.2, 0.25) is 5.02 Å². The maximum atomic E-state index is 13.3. The number of sulfonamides is 1. The van der Waals surface area contributed by atoms with Crippen LogP contribution in [-0.4, -0.2) is 51.0 Å². The van der Waals surface area contributed by atoms with Gasteiger partial charge in [0.25, 0.3) is 0 Å². The van der Waals surface area contributed by atoms with Crippen molar-refractivity contribution in [2.24, 2.45) is 0 Å². The van der Waals surface area contributed by atoms with Crippen LogP contribution in [0.3, 0.4) is 0 Å². The average molecular weight is 508 g/mol. The Kier molecular flexibility index (Phi) is 9.94. The number of halogens is 1. The lowest BCUT2D eigenvalue weighted by molar-refractivity contribution is -0.141. The van der Waals surface area contributed by atoms with E-state index in [-0.39, 0.29) is 24.8 Å². The highest BCUT2D eigenvalue weighted by molar-refractivity contribution is 7.92. The van der Waals surface area contributed by atoms with E-state index in [9.17, 15) is 18.0 Å². The molecule has 2 amide bonds. The summed E-state index contributed by atoms with van der Waals surface area (Å²) in [6.07, 6.45) is 2.00. The van der Waals surface area contributed by atoms with Crippen molar-refractivity contribution in [2.75, 3.05) is 24.2 Å². The molecule has 0 saturated heterocycles. The molecule has 0 fully saturated rings. The molecule has 186 valence electrons. The fourth-order valence-electron chi connectivity index (χ4n) is 3.93. The van der Waals surface area contributed by atoms with Gasteiger partial charge in [-0.3, -0.25) is 13.9 Å². The van der Waals surface area contributed by atoms with Gasteiger partial charge in [0.15, 0.2) is 0 Å². The Morgan fingerprint density at radius 3 is 2.41 bits per heavy atom. The zero-order valence-corrected chi connectivity index (χ0v) is 22.0. The van der Waals surface area contributed by atoms with Crippen LogP contribution in [0.4, 0.5) is 5.69 Å². The van der Waals surface area contributed by atoms with Crippen molar-refractivity contribution in [3.63, 3.8) is 0 Å². The van der Waals surface area contributed by atoms with Gasteiger partial charge < -0.3 is 10.2 Å². The Morgan fingerprint density at radius 1 is 1.12 bits per heavy atom. The molecule has 0 aromatic heterocycles. The Balaban J connectivity index is 2.22. The number of hydrogen-bond acceptors (Lipinski definition) is 4. The maximum absolute atomic E-state index is 13.3. The summed E-state index contributed by atoms with van der Waals surface area (Å²) in [6, 6.07) is 12.3. The Morgan fingerprint density at radius 2 is 1.82 bits per heavy atom. The van der Waals surface area contributed by atoms with Gasteiger partial charge in [-0.05, 0) is 49.9 Å². The number of rotatable bonds is 11. The minimum atomic E-state index is -3.58. The summed E-state index contributed by atoms with van der Waals surface area (Å²) < 4.78 is 26.3. The fraction of sp³-hybridized carbons (Fsp3) is 0.440. The molecule has 34 heavy (non-hydrogen) atoms. The smallest absolute Gasteiger partial charge is 0.242 e. The molecule has 0 aliphatic heterocycles. The number of nitrogens with one attached hydrogen (secondary N) is 1. The van der Waals surface area contributed by atoms with E-state index in [0.29, 0.717) is 30.1 Å². The molecular weight excluding hydrogens is 474 g/mol. The second-order valence-electron chi connectivity index (χ2n) is 8.42. The highest BCUT2D eigenvalue weighted by Gasteiger charge is 2.28. The SMILES string of the molecule is CC[C@H](C(=O)NC)N(Cc1cccc(C)c1)C(=O)CCCN(c1cc(Cl)ccc1C)S(C)(=O)=O. The van der Waals surface area contributed by atoms with E-state index in [1.54, 1.807) is 30.1 Å². The molecule has 0 aliphatic rings. The Bertz CT molecular complexity index is 1120. The van der Waals surface area contributed by atoms with E-state index in [1.165, 1.54) is 4.31 Å². The zero-order valence-electron chi connectivity index (χ0n) is 20.5. The number of hydrogen-bond donors (Lipinski definition) is 1. The molecule has 2 rings (SSSR count). The molecule has 7 nitrogen and oxygen atoms in total. The van der Waals surface area contributed by atoms with Gasteiger partial charge in [-0.2, -0.15) is 0 Å². The molecule has 0 saturated carbocycles. The minimum absolute atomic E-state index is 0.102. The average Bonchev–Trinajstić information content (AvgIpc) is 2.77. The molecule has 9 heteroatoms. The van der Waals surface area contributed by atoms with Gasteiger partial charge in [-0.1, -0.05) is 54.4 Å². The molecular formula is C25H34ClN3O4S. The highest BCUT2D eigenvalue weighted by Crippen LogP contribution is 2.27. The second kappa shape index (κ2) is 12.2. The number of carbonyl (C=O) groups excluding carboxylic acids is 2. The zero-order chi connectivity index (χ0) is 25.5. The van der Waals surface area contributed by atoms with Crippen molar-refractivity contribution >= 4 is 39.1 Å². The van der Waals surface area contributed by atoms with Crippen LogP contribution in [-0.2, 0) is 26.2 Å². The number of amides is 2. The summed E-state index contributed by atoms with van der Waals surface area (Å²) in [5.74, 6) is -0.427. The molecule has 0 heterocycles. The second-order valence-corrected chi connectivity index (χ2v) is 10.8. The summed E-state index contributed by atoms with van der Waals surface area (Å²) >= 11 is 6.10. The van der Waals surface area contributed by atoms with Crippen LogP contribution in [0, 0.1) is 13.8 Å². The van der Waals surface area contributed by atoms with Gasteiger partial charge in [0, 0.05) is 31.6 Å². The predicted octanol–water partition coefficient (Wildman–Crippen LogP) is 4.06. The lowest BCUT2D eigenvalue weighted by atomic mass is 10.1. The molecule has 0 radical (unpaired) electrons. The van der Waals surface area contributed by atoms with Crippen molar-refractivity contribution in [3.05, 3.63) is 64.2 Å². The van der Waals surface area contributed by atoms with E-state index in [2.05, 4.69) is 5.32 Å². The van der Waals surface area contributed by atoms with Crippen molar-refractivity contribution in [3.8, 4) is 0 Å².